The molecule has 0 atom stereocenters. The Morgan fingerprint density at radius 1 is 1.27 bits per heavy atom. The predicted molar refractivity (Wildman–Crippen MR) is 117 cm³/mol. The zero-order chi connectivity index (χ0) is 21.1. The fraction of sp³-hybridized carbons (Fsp3) is 0.190. The number of hydrogen-bond acceptors (Lipinski definition) is 6. The summed E-state index contributed by atoms with van der Waals surface area (Å²) in [6, 6.07) is 7.74. The van der Waals surface area contributed by atoms with Crippen LogP contribution in [0.3, 0.4) is 0 Å². The average Bonchev–Trinajstić information content (AvgIpc) is 3.46. The number of hydrogen-bond donors (Lipinski definition) is 1. The normalized spacial score (nSPS) is 10.9. The third-order valence-electron chi connectivity index (χ3n) is 4.48. The highest BCUT2D eigenvalue weighted by Crippen LogP contribution is 2.28. The number of halogens is 1. The first kappa shape index (κ1) is 20.2. The fourth-order valence-corrected chi connectivity index (χ4v) is 4.42. The van der Waals surface area contributed by atoms with Crippen LogP contribution in [0.5, 0.6) is 5.75 Å². The Labute approximate surface area is 181 Å². The number of anilines is 1. The number of thiazole rings is 1. The lowest BCUT2D eigenvalue weighted by Gasteiger charge is -2.04. The summed E-state index contributed by atoms with van der Waals surface area (Å²) in [5.41, 5.74) is 3.64. The van der Waals surface area contributed by atoms with Gasteiger partial charge < -0.3 is 4.74 Å². The molecule has 0 aliphatic rings. The van der Waals surface area contributed by atoms with Crippen molar-refractivity contribution in [3.05, 3.63) is 69.2 Å². The van der Waals surface area contributed by atoms with Crippen molar-refractivity contribution in [3.63, 3.8) is 0 Å². The van der Waals surface area contributed by atoms with E-state index < -0.39 is 0 Å². The molecule has 0 saturated carbocycles. The Morgan fingerprint density at radius 2 is 2.13 bits per heavy atom. The van der Waals surface area contributed by atoms with Crippen molar-refractivity contribution in [2.24, 2.45) is 0 Å². The molecule has 1 amide bonds. The van der Waals surface area contributed by atoms with E-state index in [1.807, 2.05) is 29.3 Å². The molecule has 6 nitrogen and oxygen atoms in total. The lowest BCUT2D eigenvalue weighted by Crippen LogP contribution is -2.09. The van der Waals surface area contributed by atoms with E-state index in [4.69, 9.17) is 4.74 Å². The molecule has 9 heteroatoms. The third-order valence-corrected chi connectivity index (χ3v) is 6.22. The van der Waals surface area contributed by atoms with Gasteiger partial charge in [-0.05, 0) is 37.4 Å². The molecule has 1 aromatic carbocycles. The lowest BCUT2D eigenvalue weighted by atomic mass is 10.2. The van der Waals surface area contributed by atoms with Crippen LogP contribution in [0.25, 0.3) is 11.3 Å². The molecule has 0 unspecified atom stereocenters. The summed E-state index contributed by atoms with van der Waals surface area (Å²) < 4.78 is 20.7. The fourth-order valence-electron chi connectivity index (χ4n) is 2.92. The van der Waals surface area contributed by atoms with Gasteiger partial charge in [0.25, 0.3) is 5.91 Å². The molecule has 3 heterocycles. The summed E-state index contributed by atoms with van der Waals surface area (Å²) in [5.74, 6) is -0.124. The Hall–Kier alpha value is -3.04. The van der Waals surface area contributed by atoms with Crippen LogP contribution < -0.4 is 10.1 Å². The molecular weight excluding hydrogens is 423 g/mol. The molecule has 0 bridgehead atoms. The maximum atomic E-state index is 13.2. The number of ether oxygens (including phenoxy) is 1. The van der Waals surface area contributed by atoms with Gasteiger partial charge in [0.15, 0.2) is 5.13 Å². The molecule has 3 aromatic heterocycles. The molecule has 0 radical (unpaired) electrons. The van der Waals surface area contributed by atoms with Crippen molar-refractivity contribution in [1.29, 1.82) is 0 Å². The van der Waals surface area contributed by atoms with Crippen LogP contribution in [-0.4, -0.2) is 20.7 Å². The third kappa shape index (κ3) is 4.42. The first-order chi connectivity index (χ1) is 14.5. The molecular formula is C21H19FN4O2S2. The van der Waals surface area contributed by atoms with Gasteiger partial charge in [0.05, 0.1) is 16.8 Å². The zero-order valence-corrected chi connectivity index (χ0v) is 18.0. The van der Waals surface area contributed by atoms with E-state index in [9.17, 15) is 9.18 Å². The quantitative estimate of drug-likeness (QED) is 0.418. The van der Waals surface area contributed by atoms with E-state index >= 15 is 0 Å². The number of carbonyl (C=O) groups excluding carboxylic acids is 1. The van der Waals surface area contributed by atoms with Gasteiger partial charge in [-0.25, -0.2) is 9.37 Å². The maximum absolute atomic E-state index is 13.2. The van der Waals surface area contributed by atoms with Crippen LogP contribution in [0.15, 0.2) is 47.3 Å². The first-order valence-electron chi connectivity index (χ1n) is 9.29. The van der Waals surface area contributed by atoms with Crippen molar-refractivity contribution >= 4 is 33.7 Å². The van der Waals surface area contributed by atoms with Crippen LogP contribution in [-0.2, 0) is 13.2 Å². The number of nitrogens with zero attached hydrogens (tertiary/aromatic N) is 3. The molecule has 0 saturated heterocycles. The minimum absolute atomic E-state index is 0.223. The highest BCUT2D eigenvalue weighted by molar-refractivity contribution is 7.14. The van der Waals surface area contributed by atoms with Crippen LogP contribution >= 0.6 is 22.7 Å². The predicted octanol–water partition coefficient (Wildman–Crippen LogP) is 5.37. The minimum Gasteiger partial charge on any atom is -0.489 e. The molecule has 4 aromatic rings. The smallest absolute Gasteiger partial charge is 0.267 e. The van der Waals surface area contributed by atoms with E-state index in [0.29, 0.717) is 15.8 Å². The zero-order valence-electron chi connectivity index (χ0n) is 16.4. The number of thiophene rings is 1. The number of nitrogens with one attached hydrogen (secondary N) is 1. The SMILES string of the molecule is CCn1ncc(-c2csc(NC(=O)c3cc(COc4cccc(F)c4)cs3)n2)c1C. The number of rotatable bonds is 7. The number of aromatic nitrogens is 3. The van der Waals surface area contributed by atoms with Gasteiger partial charge in [-0.2, -0.15) is 5.10 Å². The van der Waals surface area contributed by atoms with Gasteiger partial charge in [-0.1, -0.05) is 6.07 Å². The van der Waals surface area contributed by atoms with Gasteiger partial charge in [-0.15, -0.1) is 22.7 Å². The van der Waals surface area contributed by atoms with Crippen molar-refractivity contribution in [2.45, 2.75) is 27.0 Å². The average molecular weight is 443 g/mol. The number of aryl methyl sites for hydroxylation is 1. The summed E-state index contributed by atoms with van der Waals surface area (Å²) >= 11 is 2.70. The van der Waals surface area contributed by atoms with Crippen LogP contribution in [0.4, 0.5) is 9.52 Å². The van der Waals surface area contributed by atoms with Gasteiger partial charge in [0, 0.05) is 34.8 Å². The monoisotopic (exact) mass is 442 g/mol. The minimum atomic E-state index is -0.349. The highest BCUT2D eigenvalue weighted by atomic mass is 32.1. The summed E-state index contributed by atoms with van der Waals surface area (Å²) in [4.78, 5) is 17.6. The van der Waals surface area contributed by atoms with E-state index in [0.717, 1.165) is 29.1 Å². The number of benzene rings is 1. The van der Waals surface area contributed by atoms with E-state index in [-0.39, 0.29) is 18.3 Å². The van der Waals surface area contributed by atoms with E-state index in [2.05, 4.69) is 15.4 Å². The molecule has 154 valence electrons. The van der Waals surface area contributed by atoms with Gasteiger partial charge in [0.1, 0.15) is 18.2 Å². The molecule has 0 aliphatic heterocycles. The van der Waals surface area contributed by atoms with Crippen molar-refractivity contribution in [2.75, 3.05) is 5.32 Å². The molecule has 0 aliphatic carbocycles. The van der Waals surface area contributed by atoms with Gasteiger partial charge >= 0.3 is 0 Å². The van der Waals surface area contributed by atoms with Crippen LogP contribution in [0.2, 0.25) is 0 Å². The van der Waals surface area contributed by atoms with Crippen molar-refractivity contribution in [3.8, 4) is 17.0 Å². The molecule has 0 spiro atoms. The molecule has 0 fully saturated rings. The van der Waals surface area contributed by atoms with Gasteiger partial charge in [0.2, 0.25) is 0 Å². The van der Waals surface area contributed by atoms with E-state index in [1.54, 1.807) is 24.4 Å². The van der Waals surface area contributed by atoms with Crippen LogP contribution in [0.1, 0.15) is 27.9 Å². The summed E-state index contributed by atoms with van der Waals surface area (Å²) in [7, 11) is 0. The van der Waals surface area contributed by atoms with E-state index in [1.165, 1.54) is 34.8 Å². The summed E-state index contributed by atoms with van der Waals surface area (Å²) in [6.45, 7) is 5.09. The second-order valence-electron chi connectivity index (χ2n) is 6.52. The topological polar surface area (TPSA) is 69.0 Å². The standard InChI is InChI=1S/C21H19FN4O2S2/c1-3-26-13(2)17(9-23-26)18-12-30-21(24-18)25-20(27)19-7-14(11-29-19)10-28-16-6-4-5-15(22)8-16/h4-9,11-12H,3,10H2,1-2H3,(H,24,25,27). The second kappa shape index (κ2) is 8.76. The maximum Gasteiger partial charge on any atom is 0.267 e. The Balaban J connectivity index is 1.39. The number of carbonyl (C=O) groups is 1. The molecule has 4 rings (SSSR count). The highest BCUT2D eigenvalue weighted by Gasteiger charge is 2.15. The Bertz CT molecular complexity index is 1180. The molecule has 1 N–H and O–H groups in total. The number of amides is 1. The van der Waals surface area contributed by atoms with Crippen molar-refractivity contribution in [1.82, 2.24) is 14.8 Å². The Morgan fingerprint density at radius 3 is 2.90 bits per heavy atom. The van der Waals surface area contributed by atoms with Crippen LogP contribution in [0, 0.1) is 12.7 Å². The van der Waals surface area contributed by atoms with Gasteiger partial charge in [-0.3, -0.25) is 14.8 Å². The summed E-state index contributed by atoms with van der Waals surface area (Å²) in [6.07, 6.45) is 1.80. The van der Waals surface area contributed by atoms with Crippen molar-refractivity contribution < 1.29 is 13.9 Å². The summed E-state index contributed by atoms with van der Waals surface area (Å²) in [5, 5.41) is 11.5. The first-order valence-corrected chi connectivity index (χ1v) is 11.0. The second-order valence-corrected chi connectivity index (χ2v) is 8.29. The Kier molecular flexibility index (Phi) is 5.91. The lowest BCUT2D eigenvalue weighted by molar-refractivity contribution is 0.103. The largest absolute Gasteiger partial charge is 0.489 e. The molecule has 30 heavy (non-hydrogen) atoms.